The standard InChI is InChI=1S/C13H17NO3/c1-17-12-8-10(13(15)16)4-5-11(12)9-14-6-2-3-7-14/h4-5,8H,2-3,6-7,9H2,1H3,(H,15,16). The molecule has 0 saturated carbocycles. The molecule has 0 atom stereocenters. The molecule has 4 nitrogen and oxygen atoms in total. The predicted octanol–water partition coefficient (Wildman–Crippen LogP) is 1.99. The molecule has 0 amide bonds. The maximum Gasteiger partial charge on any atom is 0.335 e. The average Bonchev–Trinajstić information content (AvgIpc) is 2.82. The van der Waals surface area contributed by atoms with Crippen LogP contribution in [0.25, 0.3) is 0 Å². The van der Waals surface area contributed by atoms with Crippen LogP contribution < -0.4 is 4.74 Å². The van der Waals surface area contributed by atoms with Crippen molar-refractivity contribution < 1.29 is 14.6 Å². The van der Waals surface area contributed by atoms with E-state index in [0.29, 0.717) is 5.75 Å². The Kier molecular flexibility index (Phi) is 3.64. The van der Waals surface area contributed by atoms with Crippen molar-refractivity contribution in [2.24, 2.45) is 0 Å². The largest absolute Gasteiger partial charge is 0.496 e. The monoisotopic (exact) mass is 235 g/mol. The Hall–Kier alpha value is -1.55. The Morgan fingerprint density at radius 2 is 2.12 bits per heavy atom. The molecule has 0 unspecified atom stereocenters. The van der Waals surface area contributed by atoms with Crippen LogP contribution in [-0.2, 0) is 6.54 Å². The van der Waals surface area contributed by atoms with E-state index in [1.165, 1.54) is 12.8 Å². The Morgan fingerprint density at radius 3 is 2.71 bits per heavy atom. The van der Waals surface area contributed by atoms with Crippen LogP contribution in [0.1, 0.15) is 28.8 Å². The van der Waals surface area contributed by atoms with E-state index in [1.54, 1.807) is 19.2 Å². The molecule has 0 spiro atoms. The summed E-state index contributed by atoms with van der Waals surface area (Å²) in [5, 5.41) is 8.91. The highest BCUT2D eigenvalue weighted by Gasteiger charge is 2.15. The van der Waals surface area contributed by atoms with Crippen LogP contribution in [0.15, 0.2) is 18.2 Å². The number of likely N-dealkylation sites (tertiary alicyclic amines) is 1. The Morgan fingerprint density at radius 1 is 1.41 bits per heavy atom. The minimum Gasteiger partial charge on any atom is -0.496 e. The van der Waals surface area contributed by atoms with Crippen molar-refractivity contribution in [1.82, 2.24) is 4.90 Å². The normalized spacial score (nSPS) is 16.1. The zero-order chi connectivity index (χ0) is 12.3. The van der Waals surface area contributed by atoms with E-state index >= 15 is 0 Å². The van der Waals surface area contributed by atoms with Gasteiger partial charge < -0.3 is 9.84 Å². The number of carbonyl (C=O) groups is 1. The van der Waals surface area contributed by atoms with Crippen molar-refractivity contribution >= 4 is 5.97 Å². The van der Waals surface area contributed by atoms with Gasteiger partial charge in [-0.1, -0.05) is 6.07 Å². The highest BCUT2D eigenvalue weighted by Crippen LogP contribution is 2.23. The van der Waals surface area contributed by atoms with Crippen LogP contribution in [0.4, 0.5) is 0 Å². The number of carboxylic acid groups (broad SMARTS) is 1. The predicted molar refractivity (Wildman–Crippen MR) is 64.5 cm³/mol. The molecule has 92 valence electrons. The van der Waals surface area contributed by atoms with Gasteiger partial charge in [-0.2, -0.15) is 0 Å². The summed E-state index contributed by atoms with van der Waals surface area (Å²) >= 11 is 0. The van der Waals surface area contributed by atoms with Crippen molar-refractivity contribution in [3.63, 3.8) is 0 Å². The molecule has 1 aromatic rings. The third-order valence-corrected chi connectivity index (χ3v) is 3.13. The lowest BCUT2D eigenvalue weighted by Crippen LogP contribution is -2.18. The lowest BCUT2D eigenvalue weighted by atomic mass is 10.1. The Balaban J connectivity index is 2.18. The van der Waals surface area contributed by atoms with Crippen molar-refractivity contribution in [1.29, 1.82) is 0 Å². The topological polar surface area (TPSA) is 49.8 Å². The van der Waals surface area contributed by atoms with Gasteiger partial charge >= 0.3 is 5.97 Å². The van der Waals surface area contributed by atoms with E-state index in [2.05, 4.69) is 4.90 Å². The molecule has 0 aliphatic carbocycles. The number of nitrogens with zero attached hydrogens (tertiary/aromatic N) is 1. The number of ether oxygens (including phenoxy) is 1. The van der Waals surface area contributed by atoms with Gasteiger partial charge in [0.1, 0.15) is 5.75 Å². The second-order valence-corrected chi connectivity index (χ2v) is 4.32. The number of hydrogen-bond donors (Lipinski definition) is 1. The van der Waals surface area contributed by atoms with Crippen molar-refractivity contribution in [2.75, 3.05) is 20.2 Å². The number of methoxy groups -OCH3 is 1. The van der Waals surface area contributed by atoms with Crippen LogP contribution in [-0.4, -0.2) is 36.2 Å². The van der Waals surface area contributed by atoms with Gasteiger partial charge in [0.15, 0.2) is 0 Å². The molecule has 1 aromatic carbocycles. The minimum absolute atomic E-state index is 0.270. The lowest BCUT2D eigenvalue weighted by molar-refractivity contribution is 0.0696. The summed E-state index contributed by atoms with van der Waals surface area (Å²) in [6, 6.07) is 5.07. The Labute approximate surface area is 101 Å². The molecule has 1 aliphatic rings. The molecular weight excluding hydrogens is 218 g/mol. The summed E-state index contributed by atoms with van der Waals surface area (Å²) in [6.45, 7) is 3.07. The molecule has 17 heavy (non-hydrogen) atoms. The maximum atomic E-state index is 10.9. The first-order valence-corrected chi connectivity index (χ1v) is 5.83. The van der Waals surface area contributed by atoms with Crippen LogP contribution >= 0.6 is 0 Å². The van der Waals surface area contributed by atoms with Crippen LogP contribution in [0, 0.1) is 0 Å². The van der Waals surface area contributed by atoms with Crippen molar-refractivity contribution in [3.8, 4) is 5.75 Å². The van der Waals surface area contributed by atoms with Gasteiger partial charge in [0.25, 0.3) is 0 Å². The number of carboxylic acids is 1. The van der Waals surface area contributed by atoms with Gasteiger partial charge in [-0.25, -0.2) is 4.79 Å². The van der Waals surface area contributed by atoms with Gasteiger partial charge in [0.2, 0.25) is 0 Å². The highest BCUT2D eigenvalue weighted by molar-refractivity contribution is 5.88. The molecule has 0 bridgehead atoms. The van der Waals surface area contributed by atoms with E-state index in [1.807, 2.05) is 6.07 Å². The summed E-state index contributed by atoms with van der Waals surface area (Å²) in [4.78, 5) is 13.2. The van der Waals surface area contributed by atoms with Gasteiger partial charge in [0.05, 0.1) is 12.7 Å². The van der Waals surface area contributed by atoms with Gasteiger partial charge in [0, 0.05) is 12.1 Å². The second kappa shape index (κ2) is 5.19. The van der Waals surface area contributed by atoms with E-state index in [9.17, 15) is 4.79 Å². The lowest BCUT2D eigenvalue weighted by Gasteiger charge is -2.17. The van der Waals surface area contributed by atoms with E-state index < -0.39 is 5.97 Å². The highest BCUT2D eigenvalue weighted by atomic mass is 16.5. The fourth-order valence-electron chi connectivity index (χ4n) is 2.19. The van der Waals surface area contributed by atoms with Crippen LogP contribution in [0.3, 0.4) is 0 Å². The first-order chi connectivity index (χ1) is 8.20. The van der Waals surface area contributed by atoms with Crippen molar-refractivity contribution in [3.05, 3.63) is 29.3 Å². The third-order valence-electron chi connectivity index (χ3n) is 3.13. The quantitative estimate of drug-likeness (QED) is 0.867. The molecule has 2 rings (SSSR count). The SMILES string of the molecule is COc1cc(C(=O)O)ccc1CN1CCCC1. The molecule has 1 fully saturated rings. The Bertz CT molecular complexity index is 411. The third kappa shape index (κ3) is 2.77. The molecule has 1 N–H and O–H groups in total. The number of benzene rings is 1. The molecule has 4 heteroatoms. The van der Waals surface area contributed by atoms with Gasteiger partial charge in [-0.15, -0.1) is 0 Å². The van der Waals surface area contributed by atoms with E-state index in [-0.39, 0.29) is 5.56 Å². The zero-order valence-corrected chi connectivity index (χ0v) is 9.98. The van der Waals surface area contributed by atoms with Gasteiger partial charge in [-0.05, 0) is 38.1 Å². The number of aromatic carboxylic acids is 1. The molecule has 1 heterocycles. The molecule has 1 saturated heterocycles. The number of hydrogen-bond acceptors (Lipinski definition) is 3. The molecular formula is C13H17NO3. The summed E-state index contributed by atoms with van der Waals surface area (Å²) in [6.07, 6.45) is 2.49. The summed E-state index contributed by atoms with van der Waals surface area (Å²) in [5.41, 5.74) is 1.33. The minimum atomic E-state index is -0.920. The summed E-state index contributed by atoms with van der Waals surface area (Å²) in [5.74, 6) is -0.257. The summed E-state index contributed by atoms with van der Waals surface area (Å²) < 4.78 is 5.26. The van der Waals surface area contributed by atoms with Gasteiger partial charge in [-0.3, -0.25) is 4.90 Å². The average molecular weight is 235 g/mol. The smallest absolute Gasteiger partial charge is 0.335 e. The summed E-state index contributed by atoms with van der Waals surface area (Å²) in [7, 11) is 1.58. The molecule has 0 aromatic heterocycles. The first kappa shape index (κ1) is 11.9. The fourth-order valence-corrected chi connectivity index (χ4v) is 2.19. The van der Waals surface area contributed by atoms with E-state index in [4.69, 9.17) is 9.84 Å². The van der Waals surface area contributed by atoms with Crippen molar-refractivity contribution in [2.45, 2.75) is 19.4 Å². The fraction of sp³-hybridized carbons (Fsp3) is 0.462. The number of rotatable bonds is 4. The van der Waals surface area contributed by atoms with E-state index in [0.717, 1.165) is 25.2 Å². The van der Waals surface area contributed by atoms with Crippen LogP contribution in [0.2, 0.25) is 0 Å². The zero-order valence-electron chi connectivity index (χ0n) is 9.98. The van der Waals surface area contributed by atoms with Crippen LogP contribution in [0.5, 0.6) is 5.75 Å². The molecule has 0 radical (unpaired) electrons. The molecule has 1 aliphatic heterocycles. The second-order valence-electron chi connectivity index (χ2n) is 4.32. The maximum absolute atomic E-state index is 10.9. The first-order valence-electron chi connectivity index (χ1n) is 5.83.